The van der Waals surface area contributed by atoms with E-state index in [2.05, 4.69) is 13.8 Å². The Balaban J connectivity index is 0. The van der Waals surface area contributed by atoms with Gasteiger partial charge in [0.05, 0.1) is 6.10 Å². The maximum Gasteiger partial charge on any atom is 1.00 e. The molecule has 1 heterocycles. The van der Waals surface area contributed by atoms with Crippen molar-refractivity contribution in [3.63, 3.8) is 0 Å². The van der Waals surface area contributed by atoms with Gasteiger partial charge in [0.1, 0.15) is 0 Å². The van der Waals surface area contributed by atoms with Crippen LogP contribution in [0.1, 0.15) is 34.5 Å². The van der Waals surface area contributed by atoms with Crippen molar-refractivity contribution in [2.24, 2.45) is 5.92 Å². The molecule has 72 valence electrons. The molecular weight excluding hydrogens is 178 g/mol. The predicted octanol–water partition coefficient (Wildman–Crippen LogP) is -1.68. The minimum atomic E-state index is -0.996. The third-order valence-corrected chi connectivity index (χ3v) is 2.37. The molecule has 0 saturated carbocycles. The number of hydrogen-bond donors (Lipinski definition) is 1. The van der Waals surface area contributed by atoms with Gasteiger partial charge in [-0.1, -0.05) is 20.3 Å². The fraction of sp³-hybridized carbons (Fsp3) is 1.00. The van der Waals surface area contributed by atoms with Crippen molar-refractivity contribution in [1.29, 1.82) is 0 Å². The Morgan fingerprint density at radius 2 is 2.23 bits per heavy atom. The summed E-state index contributed by atoms with van der Waals surface area (Å²) < 4.78 is 10.3. The van der Waals surface area contributed by atoms with E-state index in [4.69, 9.17) is 14.3 Å². The average Bonchev–Trinajstić information content (AvgIpc) is 2.05. The Hall–Kier alpha value is 0.945. The Bertz CT molecular complexity index is 142. The van der Waals surface area contributed by atoms with Crippen LogP contribution in [0.25, 0.3) is 0 Å². The average molecular weight is 196 g/mol. The molecule has 2 atom stereocenters. The molecule has 0 aromatic heterocycles. The van der Waals surface area contributed by atoms with Gasteiger partial charge in [-0.3, -0.25) is 0 Å². The van der Waals surface area contributed by atoms with E-state index in [-0.39, 0.29) is 37.1 Å². The van der Waals surface area contributed by atoms with E-state index in [1.54, 1.807) is 0 Å². The number of rotatable bonds is 3. The molecule has 0 aliphatic carbocycles. The molecule has 0 radical (unpaired) electrons. The van der Waals surface area contributed by atoms with E-state index in [1.165, 1.54) is 0 Å². The van der Waals surface area contributed by atoms with Crippen molar-refractivity contribution in [1.82, 2.24) is 0 Å². The maximum atomic E-state index is 9.08. The van der Waals surface area contributed by atoms with Gasteiger partial charge in [-0.15, -0.1) is 0 Å². The fourth-order valence-electron chi connectivity index (χ4n) is 1.58. The van der Waals surface area contributed by atoms with Crippen LogP contribution in [0.4, 0.5) is 0 Å². The van der Waals surface area contributed by atoms with Crippen molar-refractivity contribution in [3.05, 3.63) is 0 Å². The molecule has 0 aromatic rings. The van der Waals surface area contributed by atoms with Gasteiger partial charge >= 0.3 is 36.9 Å². The van der Waals surface area contributed by atoms with Crippen LogP contribution in [0.15, 0.2) is 0 Å². The van der Waals surface area contributed by atoms with E-state index >= 15 is 0 Å². The standard InChI is InChI=1S/C8H17BO3.Na.H/c1-3-5-8-7(4-2)6-11-9(10)12-8;;/h7-8,10H,3-6H2,1-2H3;;/q;+1;-1. The van der Waals surface area contributed by atoms with Crippen molar-refractivity contribution < 1.29 is 45.3 Å². The SMILES string of the molecule is CCCC1OB(O)OCC1CC.[H-].[Na+]. The van der Waals surface area contributed by atoms with E-state index < -0.39 is 7.32 Å². The van der Waals surface area contributed by atoms with Crippen molar-refractivity contribution in [2.75, 3.05) is 6.61 Å². The Labute approximate surface area is 104 Å². The van der Waals surface area contributed by atoms with Crippen LogP contribution in [0.5, 0.6) is 0 Å². The Kier molecular flexibility index (Phi) is 7.79. The second-order valence-corrected chi connectivity index (χ2v) is 3.27. The molecular formula is C8H18BNaO3. The first-order chi connectivity index (χ1) is 5.77. The monoisotopic (exact) mass is 196 g/mol. The zero-order valence-corrected chi connectivity index (χ0v) is 10.8. The van der Waals surface area contributed by atoms with Crippen LogP contribution in [0.2, 0.25) is 0 Å². The largest absolute Gasteiger partial charge is 1.00 e. The minimum absolute atomic E-state index is 0. The van der Waals surface area contributed by atoms with Crippen molar-refractivity contribution >= 4 is 7.32 Å². The van der Waals surface area contributed by atoms with Crippen LogP contribution in [0.3, 0.4) is 0 Å². The third-order valence-electron chi connectivity index (χ3n) is 2.37. The van der Waals surface area contributed by atoms with Crippen LogP contribution >= 0.6 is 0 Å². The Morgan fingerprint density at radius 1 is 1.54 bits per heavy atom. The molecule has 0 amide bonds. The van der Waals surface area contributed by atoms with Gasteiger partial charge in [0.25, 0.3) is 0 Å². The summed E-state index contributed by atoms with van der Waals surface area (Å²) in [5, 5.41) is 9.08. The van der Waals surface area contributed by atoms with Gasteiger partial charge in [-0.25, -0.2) is 0 Å². The first-order valence-electron chi connectivity index (χ1n) is 4.73. The molecule has 3 nitrogen and oxygen atoms in total. The molecule has 1 rings (SSSR count). The molecule has 1 aliphatic rings. The molecule has 13 heavy (non-hydrogen) atoms. The van der Waals surface area contributed by atoms with Gasteiger partial charge in [0.15, 0.2) is 0 Å². The summed E-state index contributed by atoms with van der Waals surface area (Å²) in [6, 6.07) is 0. The molecule has 0 aromatic carbocycles. The van der Waals surface area contributed by atoms with Gasteiger partial charge in [0, 0.05) is 12.5 Å². The van der Waals surface area contributed by atoms with Gasteiger partial charge in [-0.2, -0.15) is 0 Å². The summed E-state index contributed by atoms with van der Waals surface area (Å²) in [4.78, 5) is 0. The first-order valence-corrected chi connectivity index (χ1v) is 4.73. The van der Waals surface area contributed by atoms with Crippen molar-refractivity contribution in [2.45, 2.75) is 39.2 Å². The quantitative estimate of drug-likeness (QED) is 0.548. The van der Waals surface area contributed by atoms with E-state index in [9.17, 15) is 0 Å². The second kappa shape index (κ2) is 7.26. The van der Waals surface area contributed by atoms with Gasteiger partial charge in [0.2, 0.25) is 0 Å². The maximum absolute atomic E-state index is 9.08. The number of hydrogen-bond acceptors (Lipinski definition) is 3. The first kappa shape index (κ1) is 13.9. The molecule has 1 N–H and O–H groups in total. The van der Waals surface area contributed by atoms with Crippen LogP contribution in [0, 0.1) is 5.92 Å². The summed E-state index contributed by atoms with van der Waals surface area (Å²) in [6.07, 6.45) is 3.34. The normalized spacial score (nSPS) is 28.4. The minimum Gasteiger partial charge on any atom is -1.00 e. The smallest absolute Gasteiger partial charge is 1.00 e. The summed E-state index contributed by atoms with van der Waals surface area (Å²) >= 11 is 0. The molecule has 0 bridgehead atoms. The van der Waals surface area contributed by atoms with E-state index in [0.29, 0.717) is 12.5 Å². The zero-order valence-electron chi connectivity index (χ0n) is 9.82. The van der Waals surface area contributed by atoms with Crippen LogP contribution < -0.4 is 29.6 Å². The molecule has 2 unspecified atom stereocenters. The van der Waals surface area contributed by atoms with Crippen molar-refractivity contribution in [3.8, 4) is 0 Å². The third kappa shape index (κ3) is 4.32. The molecule has 0 spiro atoms. The zero-order chi connectivity index (χ0) is 8.97. The molecule has 1 fully saturated rings. The van der Waals surface area contributed by atoms with E-state index in [1.807, 2.05) is 0 Å². The Morgan fingerprint density at radius 3 is 2.77 bits per heavy atom. The second-order valence-electron chi connectivity index (χ2n) is 3.27. The summed E-state index contributed by atoms with van der Waals surface area (Å²) in [6.45, 7) is 4.87. The van der Waals surface area contributed by atoms with Gasteiger partial charge < -0.3 is 15.8 Å². The van der Waals surface area contributed by atoms with Crippen LogP contribution in [-0.2, 0) is 9.31 Å². The predicted molar refractivity (Wildman–Crippen MR) is 48.6 cm³/mol. The topological polar surface area (TPSA) is 38.7 Å². The van der Waals surface area contributed by atoms with E-state index in [0.717, 1.165) is 19.3 Å². The molecule has 1 saturated heterocycles. The summed E-state index contributed by atoms with van der Waals surface area (Å²) in [5.74, 6) is 0.452. The van der Waals surface area contributed by atoms with Crippen LogP contribution in [-0.4, -0.2) is 25.1 Å². The molecule has 5 heteroatoms. The molecule has 1 aliphatic heterocycles. The summed E-state index contributed by atoms with van der Waals surface area (Å²) in [5.41, 5.74) is 0. The summed E-state index contributed by atoms with van der Waals surface area (Å²) in [7, 11) is -0.996. The fourth-order valence-corrected chi connectivity index (χ4v) is 1.58. The van der Waals surface area contributed by atoms with Gasteiger partial charge in [-0.05, 0) is 12.8 Å².